The summed E-state index contributed by atoms with van der Waals surface area (Å²) >= 11 is 0. The number of piperidine rings is 1. The van der Waals surface area contributed by atoms with Gasteiger partial charge < -0.3 is 14.8 Å². The second-order valence-electron chi connectivity index (χ2n) is 7.34. The highest BCUT2D eigenvalue weighted by Crippen LogP contribution is 2.38. The Labute approximate surface area is 169 Å². The highest BCUT2D eigenvalue weighted by atomic mass is 19.3. The first-order chi connectivity index (χ1) is 13.9. The lowest BCUT2D eigenvalue weighted by atomic mass is 10.0. The monoisotopic (exact) mass is 406 g/mol. The number of benzene rings is 1. The van der Waals surface area contributed by atoms with Crippen LogP contribution in [0, 0.1) is 0 Å². The predicted molar refractivity (Wildman–Crippen MR) is 110 cm³/mol. The fourth-order valence-electron chi connectivity index (χ4n) is 3.55. The Bertz CT molecular complexity index is 862. The Kier molecular flexibility index (Phi) is 6.52. The molecule has 8 heteroatoms. The summed E-state index contributed by atoms with van der Waals surface area (Å²) in [4.78, 5) is 10.4. The maximum Gasteiger partial charge on any atom is 0.296 e. The summed E-state index contributed by atoms with van der Waals surface area (Å²) in [5.41, 5.74) is 0.567. The third-order valence-corrected chi connectivity index (χ3v) is 5.14. The Morgan fingerprint density at radius 3 is 2.86 bits per heavy atom. The molecule has 0 amide bonds. The molecule has 1 aromatic carbocycles. The van der Waals surface area contributed by atoms with Gasteiger partial charge in [-0.05, 0) is 19.9 Å². The molecule has 1 saturated heterocycles. The van der Waals surface area contributed by atoms with Gasteiger partial charge in [-0.3, -0.25) is 4.90 Å². The highest BCUT2D eigenvalue weighted by molar-refractivity contribution is 5.95. The van der Waals surface area contributed by atoms with Crippen LogP contribution in [0.4, 0.5) is 14.6 Å². The van der Waals surface area contributed by atoms with Crippen LogP contribution in [0.1, 0.15) is 26.7 Å². The molecule has 2 aromatic rings. The van der Waals surface area contributed by atoms with E-state index in [0.29, 0.717) is 41.3 Å². The summed E-state index contributed by atoms with van der Waals surface area (Å²) in [5, 5.41) is 3.87. The number of alkyl halides is 2. The molecule has 0 spiro atoms. The molecule has 2 unspecified atom stereocenters. The molecule has 2 heterocycles. The van der Waals surface area contributed by atoms with E-state index in [1.165, 1.54) is 13.4 Å². The zero-order chi connectivity index (χ0) is 21.0. The number of fused-ring (bicyclic) bond motifs is 1. The summed E-state index contributed by atoms with van der Waals surface area (Å²) in [7, 11) is 1.52. The Morgan fingerprint density at radius 2 is 2.21 bits per heavy atom. The lowest BCUT2D eigenvalue weighted by molar-refractivity contribution is -0.138. The van der Waals surface area contributed by atoms with Gasteiger partial charge in [0.2, 0.25) is 0 Å². The van der Waals surface area contributed by atoms with Crippen LogP contribution in [0.25, 0.3) is 10.9 Å². The van der Waals surface area contributed by atoms with E-state index in [1.54, 1.807) is 17.0 Å². The fourth-order valence-corrected chi connectivity index (χ4v) is 3.55. The van der Waals surface area contributed by atoms with Gasteiger partial charge in [0.05, 0.1) is 24.6 Å². The van der Waals surface area contributed by atoms with Gasteiger partial charge in [-0.2, -0.15) is 0 Å². The van der Waals surface area contributed by atoms with Crippen molar-refractivity contribution in [2.45, 2.75) is 44.8 Å². The van der Waals surface area contributed by atoms with Gasteiger partial charge >= 0.3 is 0 Å². The van der Waals surface area contributed by atoms with Gasteiger partial charge in [-0.1, -0.05) is 13.0 Å². The topological polar surface area (TPSA) is 59.5 Å². The summed E-state index contributed by atoms with van der Waals surface area (Å²) in [6.07, 6.45) is 2.99. The lowest BCUT2D eigenvalue weighted by Crippen LogP contribution is -2.53. The van der Waals surface area contributed by atoms with E-state index in [1.807, 2.05) is 19.9 Å². The SMILES string of the molecule is C=CCC(C)Nc1ncnc2cc(OC)cc(OC3CCN(CC)CC3(F)F)c12. The number of methoxy groups -OCH3 is 1. The third-order valence-electron chi connectivity index (χ3n) is 5.14. The number of nitrogens with one attached hydrogen (secondary N) is 1. The molecule has 1 aromatic heterocycles. The van der Waals surface area contributed by atoms with Crippen LogP contribution in [-0.2, 0) is 0 Å². The molecule has 0 radical (unpaired) electrons. The number of likely N-dealkylation sites (tertiary alicyclic amines) is 1. The van der Waals surface area contributed by atoms with Crippen LogP contribution < -0.4 is 14.8 Å². The zero-order valence-corrected chi connectivity index (χ0v) is 17.1. The Hall–Kier alpha value is -2.48. The molecule has 2 atom stereocenters. The number of nitrogens with zero attached hydrogens (tertiary/aromatic N) is 3. The molecule has 1 aliphatic rings. The number of anilines is 1. The number of aromatic nitrogens is 2. The summed E-state index contributed by atoms with van der Waals surface area (Å²) in [5.74, 6) is -1.63. The van der Waals surface area contributed by atoms with Gasteiger partial charge in [0.15, 0.2) is 6.10 Å². The number of halogens is 2. The van der Waals surface area contributed by atoms with Crippen molar-refractivity contribution < 1.29 is 18.3 Å². The van der Waals surface area contributed by atoms with Crippen molar-refractivity contribution in [2.75, 3.05) is 32.1 Å². The highest BCUT2D eigenvalue weighted by Gasteiger charge is 2.46. The largest absolute Gasteiger partial charge is 0.497 e. The second-order valence-corrected chi connectivity index (χ2v) is 7.34. The maximum atomic E-state index is 14.7. The van der Waals surface area contributed by atoms with E-state index >= 15 is 0 Å². The van der Waals surface area contributed by atoms with E-state index < -0.39 is 12.0 Å². The van der Waals surface area contributed by atoms with Crippen molar-refractivity contribution in [1.29, 1.82) is 0 Å². The first kappa shape index (κ1) is 21.2. The molecule has 1 fully saturated rings. The molecule has 6 nitrogen and oxygen atoms in total. The van der Waals surface area contributed by atoms with Crippen LogP contribution in [0.3, 0.4) is 0 Å². The quantitative estimate of drug-likeness (QED) is 0.666. The van der Waals surface area contributed by atoms with E-state index in [-0.39, 0.29) is 19.0 Å². The first-order valence-electron chi connectivity index (χ1n) is 9.85. The summed E-state index contributed by atoms with van der Waals surface area (Å²) < 4.78 is 40.7. The average molecular weight is 406 g/mol. The normalized spacial score (nSPS) is 20.2. The second kappa shape index (κ2) is 8.90. The van der Waals surface area contributed by atoms with Crippen LogP contribution >= 0.6 is 0 Å². The van der Waals surface area contributed by atoms with Crippen molar-refractivity contribution in [3.05, 3.63) is 31.1 Å². The molecule has 0 bridgehead atoms. The molecule has 0 aliphatic carbocycles. The molecule has 29 heavy (non-hydrogen) atoms. The van der Waals surface area contributed by atoms with Crippen LogP contribution in [-0.4, -0.2) is 59.7 Å². The number of hydrogen-bond donors (Lipinski definition) is 1. The maximum absolute atomic E-state index is 14.7. The van der Waals surface area contributed by atoms with Gasteiger partial charge in [0.1, 0.15) is 23.6 Å². The Balaban J connectivity index is 2.00. The van der Waals surface area contributed by atoms with E-state index in [0.717, 1.165) is 6.42 Å². The van der Waals surface area contributed by atoms with Crippen LogP contribution in [0.2, 0.25) is 0 Å². The number of rotatable bonds is 8. The molecule has 1 aliphatic heterocycles. The molecule has 158 valence electrons. The minimum Gasteiger partial charge on any atom is -0.497 e. The molecule has 0 saturated carbocycles. The van der Waals surface area contributed by atoms with E-state index in [2.05, 4.69) is 21.9 Å². The van der Waals surface area contributed by atoms with Gasteiger partial charge in [0, 0.05) is 31.1 Å². The summed E-state index contributed by atoms with van der Waals surface area (Å²) in [6.45, 7) is 8.47. The number of ether oxygens (including phenoxy) is 2. The molecule has 3 rings (SSSR count). The standard InChI is InChI=1S/C21H28F2N4O2/c1-5-7-14(3)26-20-19-16(24-13-25-20)10-15(28-4)11-17(19)29-18-8-9-27(6-2)12-21(18,22)23/h5,10-11,13-14,18H,1,6-9,12H2,2-4H3,(H,24,25,26). The van der Waals surface area contributed by atoms with Crippen LogP contribution in [0.15, 0.2) is 31.1 Å². The van der Waals surface area contributed by atoms with Gasteiger partial charge in [-0.15, -0.1) is 6.58 Å². The Morgan fingerprint density at radius 1 is 1.41 bits per heavy atom. The lowest BCUT2D eigenvalue weighted by Gasteiger charge is -2.37. The average Bonchev–Trinajstić information content (AvgIpc) is 2.69. The molecular weight excluding hydrogens is 378 g/mol. The van der Waals surface area contributed by atoms with Crippen molar-refractivity contribution in [2.24, 2.45) is 0 Å². The smallest absolute Gasteiger partial charge is 0.296 e. The minimum absolute atomic E-state index is 0.0646. The van der Waals surface area contributed by atoms with E-state index in [9.17, 15) is 8.78 Å². The predicted octanol–water partition coefficient (Wildman–Crippen LogP) is 4.12. The van der Waals surface area contributed by atoms with Gasteiger partial charge in [-0.25, -0.2) is 18.7 Å². The van der Waals surface area contributed by atoms with Gasteiger partial charge in [0.25, 0.3) is 5.92 Å². The third kappa shape index (κ3) is 4.75. The zero-order valence-electron chi connectivity index (χ0n) is 17.1. The number of hydrogen-bond acceptors (Lipinski definition) is 6. The van der Waals surface area contributed by atoms with Crippen molar-refractivity contribution >= 4 is 16.7 Å². The van der Waals surface area contributed by atoms with Crippen molar-refractivity contribution in [1.82, 2.24) is 14.9 Å². The minimum atomic E-state index is -2.96. The molecular formula is C21H28F2N4O2. The first-order valence-corrected chi connectivity index (χ1v) is 9.85. The van der Waals surface area contributed by atoms with Crippen molar-refractivity contribution in [3.8, 4) is 11.5 Å². The molecule has 1 N–H and O–H groups in total. The van der Waals surface area contributed by atoms with Crippen LogP contribution in [0.5, 0.6) is 11.5 Å². The summed E-state index contributed by atoms with van der Waals surface area (Å²) in [6, 6.07) is 3.43. The van der Waals surface area contributed by atoms with E-state index in [4.69, 9.17) is 9.47 Å². The fraction of sp³-hybridized carbons (Fsp3) is 0.524. The van der Waals surface area contributed by atoms with Crippen molar-refractivity contribution in [3.63, 3.8) is 0 Å².